The molecule has 2 heterocycles. The SMILES string of the molecule is COc1ccc(Cn2nnnc2-c2nc3ccc(OC(C)=O)cc3s2)cc1. The molecule has 2 aromatic heterocycles. The van der Waals surface area contributed by atoms with E-state index in [1.54, 1.807) is 23.9 Å². The van der Waals surface area contributed by atoms with Crippen molar-refractivity contribution in [2.75, 3.05) is 7.11 Å². The molecule has 0 radical (unpaired) electrons. The van der Waals surface area contributed by atoms with E-state index in [1.807, 2.05) is 30.3 Å². The smallest absolute Gasteiger partial charge is 0.308 e. The summed E-state index contributed by atoms with van der Waals surface area (Å²) in [4.78, 5) is 15.7. The van der Waals surface area contributed by atoms with Crippen LogP contribution in [0.15, 0.2) is 42.5 Å². The average molecular weight is 381 g/mol. The molecular weight excluding hydrogens is 366 g/mol. The summed E-state index contributed by atoms with van der Waals surface area (Å²) in [6.07, 6.45) is 0. The molecule has 0 aliphatic carbocycles. The number of nitrogens with zero attached hydrogens (tertiary/aromatic N) is 5. The Morgan fingerprint density at radius 3 is 2.67 bits per heavy atom. The molecule has 0 aliphatic heterocycles. The van der Waals surface area contributed by atoms with E-state index >= 15 is 0 Å². The molecule has 0 fully saturated rings. The number of carbonyl (C=O) groups is 1. The number of hydrogen-bond acceptors (Lipinski definition) is 8. The maximum absolute atomic E-state index is 11.1. The van der Waals surface area contributed by atoms with Gasteiger partial charge in [-0.15, -0.1) is 16.4 Å². The van der Waals surface area contributed by atoms with Gasteiger partial charge in [-0.25, -0.2) is 9.67 Å². The number of benzene rings is 2. The van der Waals surface area contributed by atoms with E-state index < -0.39 is 0 Å². The van der Waals surface area contributed by atoms with Gasteiger partial charge < -0.3 is 9.47 Å². The number of methoxy groups -OCH3 is 1. The molecule has 9 heteroatoms. The highest BCUT2D eigenvalue weighted by Gasteiger charge is 2.15. The Morgan fingerprint density at radius 2 is 1.93 bits per heavy atom. The van der Waals surface area contributed by atoms with Gasteiger partial charge in [0, 0.05) is 13.0 Å². The second-order valence-electron chi connectivity index (χ2n) is 5.75. The van der Waals surface area contributed by atoms with Crippen LogP contribution < -0.4 is 9.47 Å². The number of aromatic nitrogens is 5. The highest BCUT2D eigenvalue weighted by Crippen LogP contribution is 2.31. The van der Waals surface area contributed by atoms with Crippen LogP contribution in [0.5, 0.6) is 11.5 Å². The summed E-state index contributed by atoms with van der Waals surface area (Å²) in [6.45, 7) is 1.89. The monoisotopic (exact) mass is 381 g/mol. The second kappa shape index (κ2) is 7.12. The topological polar surface area (TPSA) is 92.0 Å². The summed E-state index contributed by atoms with van der Waals surface area (Å²) in [6, 6.07) is 13.0. The lowest BCUT2D eigenvalue weighted by Crippen LogP contribution is -2.04. The van der Waals surface area contributed by atoms with Crippen molar-refractivity contribution in [2.24, 2.45) is 0 Å². The fourth-order valence-electron chi connectivity index (χ4n) is 2.60. The van der Waals surface area contributed by atoms with Crippen molar-refractivity contribution >= 4 is 27.5 Å². The van der Waals surface area contributed by atoms with Crippen molar-refractivity contribution in [2.45, 2.75) is 13.5 Å². The van der Waals surface area contributed by atoms with Gasteiger partial charge in [-0.2, -0.15) is 0 Å². The van der Waals surface area contributed by atoms with Crippen LogP contribution in [0.25, 0.3) is 21.0 Å². The molecule has 0 atom stereocenters. The van der Waals surface area contributed by atoms with Crippen LogP contribution in [-0.2, 0) is 11.3 Å². The van der Waals surface area contributed by atoms with Crippen LogP contribution >= 0.6 is 11.3 Å². The number of fused-ring (bicyclic) bond motifs is 1. The van der Waals surface area contributed by atoms with Gasteiger partial charge in [-0.3, -0.25) is 4.79 Å². The first kappa shape index (κ1) is 17.1. The third-order valence-electron chi connectivity index (χ3n) is 3.84. The van der Waals surface area contributed by atoms with Gasteiger partial charge in [0.05, 0.1) is 23.9 Å². The first-order valence-corrected chi connectivity index (χ1v) is 8.92. The molecule has 27 heavy (non-hydrogen) atoms. The van der Waals surface area contributed by atoms with E-state index in [2.05, 4.69) is 20.5 Å². The van der Waals surface area contributed by atoms with Gasteiger partial charge in [-0.1, -0.05) is 12.1 Å². The molecule has 4 rings (SSSR count). The molecule has 0 spiro atoms. The van der Waals surface area contributed by atoms with E-state index in [0.29, 0.717) is 23.1 Å². The Kier molecular flexibility index (Phi) is 4.51. The van der Waals surface area contributed by atoms with Gasteiger partial charge in [0.1, 0.15) is 11.5 Å². The first-order valence-electron chi connectivity index (χ1n) is 8.11. The zero-order valence-electron chi connectivity index (χ0n) is 14.6. The molecule has 4 aromatic rings. The predicted octanol–water partition coefficient (Wildman–Crippen LogP) is 2.93. The maximum atomic E-state index is 11.1. The molecule has 8 nitrogen and oxygen atoms in total. The Morgan fingerprint density at radius 1 is 1.15 bits per heavy atom. The van der Waals surface area contributed by atoms with Crippen molar-refractivity contribution in [3.05, 3.63) is 48.0 Å². The third kappa shape index (κ3) is 3.63. The lowest BCUT2D eigenvalue weighted by molar-refractivity contribution is -0.131. The molecule has 0 aliphatic rings. The molecule has 0 amide bonds. The minimum absolute atomic E-state index is 0.359. The van der Waals surface area contributed by atoms with Crippen LogP contribution in [-0.4, -0.2) is 38.3 Å². The number of thiazole rings is 1. The fourth-order valence-corrected chi connectivity index (χ4v) is 3.58. The molecule has 0 bridgehead atoms. The van der Waals surface area contributed by atoms with Crippen molar-refractivity contribution in [3.8, 4) is 22.3 Å². The van der Waals surface area contributed by atoms with Gasteiger partial charge in [0.15, 0.2) is 5.01 Å². The molecule has 2 aromatic carbocycles. The number of tetrazole rings is 1. The Balaban J connectivity index is 1.63. The van der Waals surface area contributed by atoms with Crippen LogP contribution in [0.4, 0.5) is 0 Å². The van der Waals surface area contributed by atoms with Gasteiger partial charge >= 0.3 is 5.97 Å². The number of carbonyl (C=O) groups excluding carboxylic acids is 1. The molecule has 136 valence electrons. The third-order valence-corrected chi connectivity index (χ3v) is 4.85. The molecular formula is C18H15N5O3S. The first-order chi connectivity index (χ1) is 13.1. The summed E-state index contributed by atoms with van der Waals surface area (Å²) in [5.41, 5.74) is 1.84. The van der Waals surface area contributed by atoms with Crippen LogP contribution in [0, 0.1) is 0 Å². The van der Waals surface area contributed by atoms with E-state index in [9.17, 15) is 4.79 Å². The largest absolute Gasteiger partial charge is 0.497 e. The molecule has 0 saturated carbocycles. The summed E-state index contributed by atoms with van der Waals surface area (Å²) in [5, 5.41) is 12.7. The summed E-state index contributed by atoms with van der Waals surface area (Å²) >= 11 is 1.44. The van der Waals surface area contributed by atoms with Gasteiger partial charge in [-0.05, 0) is 40.3 Å². The van der Waals surface area contributed by atoms with Gasteiger partial charge in [0.2, 0.25) is 5.82 Å². The predicted molar refractivity (Wildman–Crippen MR) is 99.8 cm³/mol. The zero-order valence-corrected chi connectivity index (χ0v) is 15.4. The van der Waals surface area contributed by atoms with Crippen LogP contribution in [0.3, 0.4) is 0 Å². The Bertz CT molecular complexity index is 1100. The summed E-state index contributed by atoms with van der Waals surface area (Å²) in [7, 11) is 1.63. The van der Waals surface area contributed by atoms with Crippen molar-refractivity contribution in [1.29, 1.82) is 0 Å². The van der Waals surface area contributed by atoms with E-state index in [-0.39, 0.29) is 5.97 Å². The lowest BCUT2D eigenvalue weighted by atomic mass is 10.2. The summed E-state index contributed by atoms with van der Waals surface area (Å²) < 4.78 is 12.9. The van der Waals surface area contributed by atoms with Crippen molar-refractivity contribution in [3.63, 3.8) is 0 Å². The zero-order chi connectivity index (χ0) is 18.8. The fraction of sp³-hybridized carbons (Fsp3) is 0.167. The Labute approximate surface area is 158 Å². The standard InChI is InChI=1S/C18H15N5O3S/c1-11(24)26-14-7-8-15-16(9-14)27-18(19-15)17-20-21-22-23(17)10-12-3-5-13(25-2)6-4-12/h3-9H,10H2,1-2H3. The number of rotatable bonds is 5. The number of hydrogen-bond donors (Lipinski definition) is 0. The molecule has 0 unspecified atom stereocenters. The quantitative estimate of drug-likeness (QED) is 0.388. The maximum Gasteiger partial charge on any atom is 0.308 e. The minimum atomic E-state index is -0.359. The second-order valence-corrected chi connectivity index (χ2v) is 6.78. The van der Waals surface area contributed by atoms with E-state index in [0.717, 1.165) is 21.5 Å². The normalized spacial score (nSPS) is 10.9. The average Bonchev–Trinajstić information content (AvgIpc) is 3.27. The van der Waals surface area contributed by atoms with Gasteiger partial charge in [0.25, 0.3) is 0 Å². The van der Waals surface area contributed by atoms with E-state index in [1.165, 1.54) is 18.3 Å². The van der Waals surface area contributed by atoms with Crippen molar-refractivity contribution < 1.29 is 14.3 Å². The lowest BCUT2D eigenvalue weighted by Gasteiger charge is -2.04. The number of esters is 1. The van der Waals surface area contributed by atoms with E-state index in [4.69, 9.17) is 9.47 Å². The highest BCUT2D eigenvalue weighted by molar-refractivity contribution is 7.21. The highest BCUT2D eigenvalue weighted by atomic mass is 32.1. The Hall–Kier alpha value is -3.33. The molecule has 0 N–H and O–H groups in total. The van der Waals surface area contributed by atoms with Crippen LogP contribution in [0.1, 0.15) is 12.5 Å². The molecule has 0 saturated heterocycles. The number of ether oxygens (including phenoxy) is 2. The van der Waals surface area contributed by atoms with Crippen LogP contribution in [0.2, 0.25) is 0 Å². The minimum Gasteiger partial charge on any atom is -0.497 e. The van der Waals surface area contributed by atoms with Crippen molar-refractivity contribution in [1.82, 2.24) is 25.2 Å². The summed E-state index contributed by atoms with van der Waals surface area (Å²) in [5.74, 6) is 1.51.